The molecule has 2 aromatic rings. The molecule has 18 heavy (non-hydrogen) atoms. The van der Waals surface area contributed by atoms with Crippen LogP contribution in [0.2, 0.25) is 0 Å². The molecule has 1 aromatic carbocycles. The van der Waals surface area contributed by atoms with Gasteiger partial charge in [-0.05, 0) is 24.6 Å². The maximum Gasteiger partial charge on any atom is 0.181 e. The molecule has 0 radical (unpaired) electrons. The molecule has 0 amide bonds. The van der Waals surface area contributed by atoms with Gasteiger partial charge in [0.15, 0.2) is 12.2 Å². The van der Waals surface area contributed by atoms with E-state index in [2.05, 4.69) is 53.1 Å². The molecule has 0 atom stereocenters. The molecule has 96 valence electrons. The molecule has 3 nitrogen and oxygen atoms in total. The van der Waals surface area contributed by atoms with Gasteiger partial charge in [-0.3, -0.25) is 0 Å². The normalized spacial score (nSPS) is 11.2. The van der Waals surface area contributed by atoms with Crippen LogP contribution in [0.4, 0.5) is 0 Å². The lowest BCUT2D eigenvalue weighted by Gasteiger charge is -2.07. The molecule has 0 aliphatic rings. The molecule has 0 aliphatic carbocycles. The Labute approximate surface area is 116 Å². The van der Waals surface area contributed by atoms with Gasteiger partial charge in [0.2, 0.25) is 0 Å². The van der Waals surface area contributed by atoms with Gasteiger partial charge in [-0.15, -0.1) is 0 Å². The summed E-state index contributed by atoms with van der Waals surface area (Å²) in [5, 5.41) is 3.35. The van der Waals surface area contributed by atoms with Gasteiger partial charge in [0, 0.05) is 22.6 Å². The third kappa shape index (κ3) is 3.00. The molecular formula is C14H17BrN2O. The molecule has 2 rings (SSSR count). The van der Waals surface area contributed by atoms with E-state index in [1.807, 2.05) is 12.1 Å². The van der Waals surface area contributed by atoms with E-state index in [4.69, 9.17) is 4.42 Å². The fourth-order valence-corrected chi connectivity index (χ4v) is 1.96. The molecule has 0 bridgehead atoms. The van der Waals surface area contributed by atoms with Crippen LogP contribution in [0.25, 0.3) is 11.3 Å². The number of hydrogen-bond donors (Lipinski definition) is 1. The highest BCUT2D eigenvalue weighted by atomic mass is 79.9. The summed E-state index contributed by atoms with van der Waals surface area (Å²) in [6.07, 6.45) is 1.50. The van der Waals surface area contributed by atoms with Crippen molar-refractivity contribution in [3.8, 4) is 11.3 Å². The van der Waals surface area contributed by atoms with Crippen LogP contribution >= 0.6 is 15.9 Å². The Hall–Kier alpha value is -1.13. The van der Waals surface area contributed by atoms with Gasteiger partial charge in [0.05, 0.1) is 0 Å². The van der Waals surface area contributed by atoms with Gasteiger partial charge in [-0.25, -0.2) is 4.98 Å². The van der Waals surface area contributed by atoms with Crippen molar-refractivity contribution in [2.45, 2.75) is 33.4 Å². The summed E-state index contributed by atoms with van der Waals surface area (Å²) >= 11 is 3.50. The Morgan fingerprint density at radius 1 is 1.39 bits per heavy atom. The van der Waals surface area contributed by atoms with Crippen LogP contribution in [-0.2, 0) is 6.54 Å². The fourth-order valence-electron chi connectivity index (χ4n) is 1.72. The van der Waals surface area contributed by atoms with Crippen molar-refractivity contribution >= 4 is 15.9 Å². The quantitative estimate of drug-likeness (QED) is 0.930. The first-order chi connectivity index (χ1) is 8.58. The molecule has 4 heteroatoms. The first-order valence-corrected chi connectivity index (χ1v) is 6.79. The maximum absolute atomic E-state index is 5.51. The van der Waals surface area contributed by atoms with E-state index in [0.29, 0.717) is 6.04 Å². The smallest absolute Gasteiger partial charge is 0.181 e. The van der Waals surface area contributed by atoms with Crippen LogP contribution in [0.5, 0.6) is 0 Å². The predicted octanol–water partition coefficient (Wildman–Crippen LogP) is 3.91. The number of nitrogens with one attached hydrogen (secondary N) is 1. The molecule has 1 heterocycles. The molecule has 0 unspecified atom stereocenters. The van der Waals surface area contributed by atoms with Crippen LogP contribution in [0.3, 0.4) is 0 Å². The summed E-state index contributed by atoms with van der Waals surface area (Å²) < 4.78 is 6.62. The lowest BCUT2D eigenvalue weighted by Crippen LogP contribution is -2.22. The third-order valence-electron chi connectivity index (χ3n) is 2.74. The zero-order chi connectivity index (χ0) is 13.1. The summed E-state index contributed by atoms with van der Waals surface area (Å²) in [4.78, 5) is 4.28. The second-order valence-electron chi connectivity index (χ2n) is 4.63. The highest BCUT2D eigenvalue weighted by Gasteiger charge is 2.11. The minimum Gasteiger partial charge on any atom is -0.443 e. The van der Waals surface area contributed by atoms with Crippen molar-refractivity contribution in [3.05, 3.63) is 40.3 Å². The number of rotatable bonds is 4. The number of hydrogen-bond acceptors (Lipinski definition) is 3. The second kappa shape index (κ2) is 5.67. The topological polar surface area (TPSA) is 38.1 Å². The SMILES string of the molecule is Cc1cc(-c2ocnc2CNC(C)C)ccc1Br. The maximum atomic E-state index is 5.51. The summed E-state index contributed by atoms with van der Waals surface area (Å²) in [5.74, 6) is 0.846. The third-order valence-corrected chi connectivity index (χ3v) is 3.63. The van der Waals surface area contributed by atoms with E-state index < -0.39 is 0 Å². The van der Waals surface area contributed by atoms with Crippen LogP contribution in [-0.4, -0.2) is 11.0 Å². The summed E-state index contributed by atoms with van der Waals surface area (Å²) in [7, 11) is 0. The molecule has 0 saturated carbocycles. The van der Waals surface area contributed by atoms with Crippen molar-refractivity contribution in [1.82, 2.24) is 10.3 Å². The lowest BCUT2D eigenvalue weighted by molar-refractivity contribution is 0.563. The fraction of sp³-hybridized carbons (Fsp3) is 0.357. The van der Waals surface area contributed by atoms with E-state index in [1.54, 1.807) is 0 Å². The highest BCUT2D eigenvalue weighted by Crippen LogP contribution is 2.27. The Bertz CT molecular complexity index is 534. The number of aromatic nitrogens is 1. The van der Waals surface area contributed by atoms with E-state index in [-0.39, 0.29) is 0 Å². The van der Waals surface area contributed by atoms with Gasteiger partial charge in [0.1, 0.15) is 5.69 Å². The van der Waals surface area contributed by atoms with E-state index in [1.165, 1.54) is 12.0 Å². The van der Waals surface area contributed by atoms with Crippen LogP contribution in [0.1, 0.15) is 25.1 Å². The largest absolute Gasteiger partial charge is 0.443 e. The first-order valence-electron chi connectivity index (χ1n) is 6.00. The number of benzene rings is 1. The molecular weight excluding hydrogens is 292 g/mol. The summed E-state index contributed by atoms with van der Waals surface area (Å²) in [5.41, 5.74) is 3.20. The van der Waals surface area contributed by atoms with Gasteiger partial charge < -0.3 is 9.73 Å². The monoisotopic (exact) mass is 308 g/mol. The number of aryl methyl sites for hydroxylation is 1. The number of oxazole rings is 1. The van der Waals surface area contributed by atoms with Crippen LogP contribution < -0.4 is 5.32 Å². The van der Waals surface area contributed by atoms with Crippen molar-refractivity contribution in [3.63, 3.8) is 0 Å². The Morgan fingerprint density at radius 3 is 2.83 bits per heavy atom. The standard InChI is InChI=1S/C14H17BrN2O/c1-9(2)16-7-13-14(18-8-17-13)11-4-5-12(15)10(3)6-11/h4-6,8-9,16H,7H2,1-3H3. The molecule has 1 aromatic heterocycles. The summed E-state index contributed by atoms with van der Waals surface area (Å²) in [6, 6.07) is 6.61. The van der Waals surface area contributed by atoms with Crippen molar-refractivity contribution in [2.24, 2.45) is 0 Å². The Kier molecular flexibility index (Phi) is 4.19. The predicted molar refractivity (Wildman–Crippen MR) is 76.4 cm³/mol. The van der Waals surface area contributed by atoms with Gasteiger partial charge >= 0.3 is 0 Å². The molecule has 0 spiro atoms. The average molecular weight is 309 g/mol. The van der Waals surface area contributed by atoms with Crippen molar-refractivity contribution < 1.29 is 4.42 Å². The minimum absolute atomic E-state index is 0.432. The van der Waals surface area contributed by atoms with Gasteiger partial charge in [-0.1, -0.05) is 35.8 Å². The second-order valence-corrected chi connectivity index (χ2v) is 5.48. The van der Waals surface area contributed by atoms with Crippen LogP contribution in [0.15, 0.2) is 33.5 Å². The molecule has 1 N–H and O–H groups in total. The minimum atomic E-state index is 0.432. The lowest BCUT2D eigenvalue weighted by atomic mass is 10.1. The molecule has 0 aliphatic heterocycles. The zero-order valence-corrected chi connectivity index (χ0v) is 12.4. The Balaban J connectivity index is 2.27. The highest BCUT2D eigenvalue weighted by molar-refractivity contribution is 9.10. The van der Waals surface area contributed by atoms with E-state index >= 15 is 0 Å². The zero-order valence-electron chi connectivity index (χ0n) is 10.8. The number of halogens is 1. The van der Waals surface area contributed by atoms with E-state index in [9.17, 15) is 0 Å². The summed E-state index contributed by atoms with van der Waals surface area (Å²) in [6.45, 7) is 7.02. The van der Waals surface area contributed by atoms with Crippen molar-refractivity contribution in [1.29, 1.82) is 0 Å². The molecule has 0 saturated heterocycles. The van der Waals surface area contributed by atoms with Gasteiger partial charge in [-0.2, -0.15) is 0 Å². The van der Waals surface area contributed by atoms with Crippen LogP contribution in [0, 0.1) is 6.92 Å². The van der Waals surface area contributed by atoms with Crippen molar-refractivity contribution in [2.75, 3.05) is 0 Å². The Morgan fingerprint density at radius 2 is 2.17 bits per heavy atom. The van der Waals surface area contributed by atoms with Gasteiger partial charge in [0.25, 0.3) is 0 Å². The molecule has 0 fully saturated rings. The number of nitrogens with zero attached hydrogens (tertiary/aromatic N) is 1. The average Bonchev–Trinajstić information content (AvgIpc) is 2.78. The van der Waals surface area contributed by atoms with E-state index in [0.717, 1.165) is 28.0 Å². The first kappa shape index (κ1) is 13.3.